The van der Waals surface area contributed by atoms with E-state index in [0.29, 0.717) is 54.9 Å². The fraction of sp³-hybridized carbons (Fsp3) is 0.435. The van der Waals surface area contributed by atoms with Crippen LogP contribution in [0.3, 0.4) is 0 Å². The van der Waals surface area contributed by atoms with Crippen molar-refractivity contribution in [1.82, 2.24) is 10.2 Å². The van der Waals surface area contributed by atoms with Crippen LogP contribution in [0.5, 0.6) is 11.5 Å². The van der Waals surface area contributed by atoms with E-state index >= 15 is 0 Å². The van der Waals surface area contributed by atoms with Crippen molar-refractivity contribution in [3.8, 4) is 11.5 Å². The predicted molar refractivity (Wildman–Crippen MR) is 122 cm³/mol. The number of carbonyl (C=O) groups is 1. The van der Waals surface area contributed by atoms with Crippen LogP contribution in [-0.4, -0.2) is 60.9 Å². The van der Waals surface area contributed by atoms with Crippen LogP contribution in [0, 0.1) is 0 Å². The molecule has 1 saturated heterocycles. The minimum absolute atomic E-state index is 0.0471. The largest absolute Gasteiger partial charge is 0.492 e. The van der Waals surface area contributed by atoms with Gasteiger partial charge in [-0.05, 0) is 50.1 Å². The van der Waals surface area contributed by atoms with Gasteiger partial charge < -0.3 is 19.9 Å². The Balaban J connectivity index is 1.37. The van der Waals surface area contributed by atoms with Crippen LogP contribution < -0.4 is 14.8 Å². The van der Waals surface area contributed by atoms with Crippen molar-refractivity contribution in [2.45, 2.75) is 24.9 Å². The van der Waals surface area contributed by atoms with Gasteiger partial charge in [0.1, 0.15) is 24.7 Å². The SMILES string of the molecule is O=C(CN1CCCC(O)(COc2ccc(Cl)c(Cl)c2)CC1)NCCOc1ccccc1. The topological polar surface area (TPSA) is 71.0 Å². The summed E-state index contributed by atoms with van der Waals surface area (Å²) in [6.45, 7) is 2.71. The third-order valence-electron chi connectivity index (χ3n) is 5.21. The Morgan fingerprint density at radius 1 is 1.03 bits per heavy atom. The molecule has 1 amide bonds. The maximum Gasteiger partial charge on any atom is 0.234 e. The normalized spacial score (nSPS) is 19.5. The Hall–Kier alpha value is -1.99. The van der Waals surface area contributed by atoms with E-state index in [9.17, 15) is 9.90 Å². The van der Waals surface area contributed by atoms with Gasteiger partial charge in [0, 0.05) is 12.6 Å². The van der Waals surface area contributed by atoms with Crippen molar-refractivity contribution in [2.24, 2.45) is 0 Å². The van der Waals surface area contributed by atoms with Crippen LogP contribution in [-0.2, 0) is 4.79 Å². The third-order valence-corrected chi connectivity index (χ3v) is 5.95. The number of hydrogen-bond acceptors (Lipinski definition) is 5. The molecule has 0 radical (unpaired) electrons. The second kappa shape index (κ2) is 11.6. The molecule has 31 heavy (non-hydrogen) atoms. The van der Waals surface area contributed by atoms with Crippen LogP contribution in [0.2, 0.25) is 10.0 Å². The molecule has 0 aliphatic carbocycles. The molecule has 2 aromatic rings. The molecule has 168 valence electrons. The summed E-state index contributed by atoms with van der Waals surface area (Å²) < 4.78 is 11.3. The molecule has 6 nitrogen and oxygen atoms in total. The fourth-order valence-corrected chi connectivity index (χ4v) is 3.74. The van der Waals surface area contributed by atoms with E-state index in [4.69, 9.17) is 32.7 Å². The molecule has 2 aromatic carbocycles. The maximum atomic E-state index is 12.2. The number of aliphatic hydroxyl groups is 1. The van der Waals surface area contributed by atoms with Crippen molar-refractivity contribution in [1.29, 1.82) is 0 Å². The summed E-state index contributed by atoms with van der Waals surface area (Å²) in [6, 6.07) is 14.5. The van der Waals surface area contributed by atoms with E-state index in [1.807, 2.05) is 30.3 Å². The third kappa shape index (κ3) is 7.89. The van der Waals surface area contributed by atoms with E-state index in [1.165, 1.54) is 0 Å². The molecule has 1 aliphatic rings. The first-order chi connectivity index (χ1) is 14.9. The van der Waals surface area contributed by atoms with Gasteiger partial charge in [0.25, 0.3) is 0 Å². The highest BCUT2D eigenvalue weighted by molar-refractivity contribution is 6.42. The van der Waals surface area contributed by atoms with Gasteiger partial charge >= 0.3 is 0 Å². The van der Waals surface area contributed by atoms with Gasteiger partial charge in [0.05, 0.1) is 28.7 Å². The number of rotatable bonds is 9. The van der Waals surface area contributed by atoms with Gasteiger partial charge in [-0.3, -0.25) is 9.69 Å². The Labute approximate surface area is 193 Å². The summed E-state index contributed by atoms with van der Waals surface area (Å²) in [4.78, 5) is 14.3. The average molecular weight is 467 g/mol. The highest BCUT2D eigenvalue weighted by atomic mass is 35.5. The zero-order chi connectivity index (χ0) is 22.1. The number of carbonyl (C=O) groups excluding carboxylic acids is 1. The molecule has 2 N–H and O–H groups in total. The van der Waals surface area contributed by atoms with Crippen LogP contribution in [0.4, 0.5) is 0 Å². The van der Waals surface area contributed by atoms with Crippen molar-refractivity contribution < 1.29 is 19.4 Å². The first-order valence-corrected chi connectivity index (χ1v) is 11.2. The molecule has 0 bridgehead atoms. The van der Waals surface area contributed by atoms with Gasteiger partial charge in [0.15, 0.2) is 0 Å². The molecule has 8 heteroatoms. The number of amides is 1. The quantitative estimate of drug-likeness (QED) is 0.550. The molecule has 0 spiro atoms. The Morgan fingerprint density at radius 2 is 1.84 bits per heavy atom. The second-order valence-corrected chi connectivity index (χ2v) is 8.54. The maximum absolute atomic E-state index is 12.2. The number of nitrogens with one attached hydrogen (secondary N) is 1. The van der Waals surface area contributed by atoms with Crippen molar-refractivity contribution in [2.75, 3.05) is 39.4 Å². The van der Waals surface area contributed by atoms with E-state index < -0.39 is 5.60 Å². The van der Waals surface area contributed by atoms with Crippen LogP contribution in [0.25, 0.3) is 0 Å². The van der Waals surface area contributed by atoms with E-state index in [0.717, 1.165) is 18.7 Å². The molecule has 3 rings (SSSR count). The van der Waals surface area contributed by atoms with Crippen LogP contribution in [0.1, 0.15) is 19.3 Å². The summed E-state index contributed by atoms with van der Waals surface area (Å²) in [5.41, 5.74) is -0.944. The van der Waals surface area contributed by atoms with Crippen molar-refractivity contribution >= 4 is 29.1 Å². The zero-order valence-corrected chi connectivity index (χ0v) is 18.9. The summed E-state index contributed by atoms with van der Waals surface area (Å²) in [5.74, 6) is 1.31. The molecule has 0 aromatic heterocycles. The van der Waals surface area contributed by atoms with Crippen molar-refractivity contribution in [3.63, 3.8) is 0 Å². The molecule has 1 aliphatic heterocycles. The molecular formula is C23H28Cl2N2O4. The van der Waals surface area contributed by atoms with Gasteiger partial charge in [0.2, 0.25) is 5.91 Å². The molecule has 1 atom stereocenters. The number of hydrogen-bond donors (Lipinski definition) is 2. The molecular weight excluding hydrogens is 439 g/mol. The lowest BCUT2D eigenvalue weighted by molar-refractivity contribution is -0.122. The van der Waals surface area contributed by atoms with E-state index in [1.54, 1.807) is 18.2 Å². The number of para-hydroxylation sites is 1. The summed E-state index contributed by atoms with van der Waals surface area (Å²) in [7, 11) is 0. The first kappa shape index (κ1) is 23.7. The van der Waals surface area contributed by atoms with Gasteiger partial charge in [-0.25, -0.2) is 0 Å². The number of nitrogens with zero attached hydrogens (tertiary/aromatic N) is 1. The smallest absolute Gasteiger partial charge is 0.234 e. The van der Waals surface area contributed by atoms with Crippen LogP contribution >= 0.6 is 23.2 Å². The highest BCUT2D eigenvalue weighted by Crippen LogP contribution is 2.28. The van der Waals surface area contributed by atoms with Crippen LogP contribution in [0.15, 0.2) is 48.5 Å². The predicted octanol–water partition coefficient (Wildman–Crippen LogP) is 3.78. The molecule has 1 unspecified atom stereocenters. The summed E-state index contributed by atoms with van der Waals surface area (Å²) in [6.07, 6.45) is 1.92. The summed E-state index contributed by atoms with van der Waals surface area (Å²) >= 11 is 11.9. The lowest BCUT2D eigenvalue weighted by atomic mass is 9.96. The second-order valence-electron chi connectivity index (χ2n) is 7.73. The standard InChI is InChI=1S/C23H28Cl2N2O4/c24-20-8-7-19(15-21(20)25)31-17-23(29)9-4-12-27(13-10-23)16-22(28)26-11-14-30-18-5-2-1-3-6-18/h1-3,5-8,15,29H,4,9-14,16-17H2,(H,26,28). The minimum atomic E-state index is -0.944. The number of halogens is 2. The van der Waals surface area contributed by atoms with E-state index in [2.05, 4.69) is 10.2 Å². The Kier molecular flexibility index (Phi) is 8.84. The lowest BCUT2D eigenvalue weighted by Gasteiger charge is -2.27. The van der Waals surface area contributed by atoms with Gasteiger partial charge in [-0.15, -0.1) is 0 Å². The van der Waals surface area contributed by atoms with Gasteiger partial charge in [-0.1, -0.05) is 41.4 Å². The Morgan fingerprint density at radius 3 is 2.61 bits per heavy atom. The zero-order valence-electron chi connectivity index (χ0n) is 17.4. The monoisotopic (exact) mass is 466 g/mol. The average Bonchev–Trinajstić information content (AvgIpc) is 2.95. The highest BCUT2D eigenvalue weighted by Gasteiger charge is 2.31. The number of likely N-dealkylation sites (tertiary alicyclic amines) is 1. The first-order valence-electron chi connectivity index (χ1n) is 10.4. The molecule has 1 fully saturated rings. The fourth-order valence-electron chi connectivity index (χ4n) is 3.46. The number of benzene rings is 2. The van der Waals surface area contributed by atoms with Crippen molar-refractivity contribution in [3.05, 3.63) is 58.6 Å². The van der Waals surface area contributed by atoms with E-state index in [-0.39, 0.29) is 12.5 Å². The lowest BCUT2D eigenvalue weighted by Crippen LogP contribution is -2.40. The molecule has 0 saturated carbocycles. The Bertz CT molecular complexity index is 853. The number of ether oxygens (including phenoxy) is 2. The van der Waals surface area contributed by atoms with Gasteiger partial charge in [-0.2, -0.15) is 0 Å². The summed E-state index contributed by atoms with van der Waals surface area (Å²) in [5, 5.41) is 14.7. The molecule has 1 heterocycles. The minimum Gasteiger partial charge on any atom is -0.492 e.